The van der Waals surface area contributed by atoms with Crippen LogP contribution in [0.5, 0.6) is 11.5 Å². The normalized spacial score (nSPS) is 22.0. The predicted molar refractivity (Wildman–Crippen MR) is 112 cm³/mol. The first-order valence-electron chi connectivity index (χ1n) is 11.0. The molecule has 28 heavy (non-hydrogen) atoms. The van der Waals surface area contributed by atoms with E-state index in [1.54, 1.807) is 7.11 Å². The Hall–Kier alpha value is -1.75. The number of benzene rings is 1. The van der Waals surface area contributed by atoms with Crippen molar-refractivity contribution >= 4 is 5.91 Å². The minimum Gasteiger partial charge on any atom is -0.493 e. The maximum absolute atomic E-state index is 12.9. The van der Waals surface area contributed by atoms with Gasteiger partial charge in [0.05, 0.1) is 25.3 Å². The molecule has 2 fully saturated rings. The number of amides is 1. The fourth-order valence-corrected chi connectivity index (χ4v) is 4.47. The number of methoxy groups -OCH3 is 1. The van der Waals surface area contributed by atoms with Crippen LogP contribution in [0.25, 0.3) is 0 Å². The van der Waals surface area contributed by atoms with Crippen LogP contribution in [0.3, 0.4) is 0 Å². The van der Waals surface area contributed by atoms with E-state index >= 15 is 0 Å². The SMILES string of the molecule is CCCN1CCCCC1C(=O)NC(C)c1ccc(OC2CCCC2)c(OC)c1. The Morgan fingerprint density at radius 2 is 1.93 bits per heavy atom. The zero-order valence-electron chi connectivity index (χ0n) is 17.7. The van der Waals surface area contributed by atoms with Crippen LogP contribution in [0, 0.1) is 0 Å². The third-order valence-corrected chi connectivity index (χ3v) is 6.07. The number of nitrogens with one attached hydrogen (secondary N) is 1. The summed E-state index contributed by atoms with van der Waals surface area (Å²) in [5.41, 5.74) is 1.04. The molecule has 0 radical (unpaired) electrons. The first-order chi connectivity index (χ1) is 13.6. The molecular formula is C23H36N2O3. The number of likely N-dealkylation sites (tertiary alicyclic amines) is 1. The van der Waals surface area contributed by atoms with Gasteiger partial charge in [-0.25, -0.2) is 0 Å². The first-order valence-corrected chi connectivity index (χ1v) is 11.0. The highest BCUT2D eigenvalue weighted by molar-refractivity contribution is 5.82. The molecule has 1 aromatic carbocycles. The maximum atomic E-state index is 12.9. The summed E-state index contributed by atoms with van der Waals surface area (Å²) >= 11 is 0. The monoisotopic (exact) mass is 388 g/mol. The summed E-state index contributed by atoms with van der Waals surface area (Å²) < 4.78 is 11.7. The first kappa shape index (κ1) is 21.0. The number of carbonyl (C=O) groups is 1. The van der Waals surface area contributed by atoms with Gasteiger partial charge in [-0.05, 0) is 82.7 Å². The van der Waals surface area contributed by atoms with Gasteiger partial charge in [0, 0.05) is 0 Å². The lowest BCUT2D eigenvalue weighted by Crippen LogP contribution is -2.50. The minimum absolute atomic E-state index is 0.00280. The standard InChI is InChI=1S/C23H36N2O3/c1-4-14-25-15-8-7-11-20(25)23(26)24-17(2)18-12-13-21(22(16-18)27-3)28-19-9-5-6-10-19/h12-13,16-17,19-20H,4-11,14-15H2,1-3H3,(H,24,26). The van der Waals surface area contributed by atoms with E-state index in [0.29, 0.717) is 6.10 Å². The van der Waals surface area contributed by atoms with Crippen LogP contribution in [-0.2, 0) is 4.79 Å². The summed E-state index contributed by atoms with van der Waals surface area (Å²) in [6.45, 7) is 6.24. The van der Waals surface area contributed by atoms with Crippen molar-refractivity contribution in [3.8, 4) is 11.5 Å². The minimum atomic E-state index is -0.0627. The second-order valence-electron chi connectivity index (χ2n) is 8.21. The van der Waals surface area contributed by atoms with Crippen molar-refractivity contribution in [2.45, 2.75) is 83.4 Å². The smallest absolute Gasteiger partial charge is 0.237 e. The number of ether oxygens (including phenoxy) is 2. The highest BCUT2D eigenvalue weighted by atomic mass is 16.5. The quantitative estimate of drug-likeness (QED) is 0.714. The lowest BCUT2D eigenvalue weighted by molar-refractivity contribution is -0.128. The van der Waals surface area contributed by atoms with Crippen molar-refractivity contribution in [1.82, 2.24) is 10.2 Å². The van der Waals surface area contributed by atoms with Gasteiger partial charge in [-0.1, -0.05) is 19.4 Å². The third-order valence-electron chi connectivity index (χ3n) is 6.07. The lowest BCUT2D eigenvalue weighted by atomic mass is 10.00. The Morgan fingerprint density at radius 1 is 1.18 bits per heavy atom. The van der Waals surface area contributed by atoms with Crippen molar-refractivity contribution in [2.24, 2.45) is 0 Å². The summed E-state index contributed by atoms with van der Waals surface area (Å²) in [6.07, 6.45) is 9.38. The van der Waals surface area contributed by atoms with E-state index < -0.39 is 0 Å². The van der Waals surface area contributed by atoms with E-state index in [-0.39, 0.29) is 18.0 Å². The van der Waals surface area contributed by atoms with Crippen LogP contribution >= 0.6 is 0 Å². The number of piperidine rings is 1. The molecule has 1 heterocycles. The van der Waals surface area contributed by atoms with Gasteiger partial charge in [-0.15, -0.1) is 0 Å². The van der Waals surface area contributed by atoms with Gasteiger partial charge in [0.15, 0.2) is 11.5 Å². The van der Waals surface area contributed by atoms with Gasteiger partial charge >= 0.3 is 0 Å². The predicted octanol–water partition coefficient (Wildman–Crippen LogP) is 4.46. The molecule has 1 saturated heterocycles. The van der Waals surface area contributed by atoms with Crippen molar-refractivity contribution in [3.63, 3.8) is 0 Å². The number of nitrogens with zero attached hydrogens (tertiary/aromatic N) is 1. The highest BCUT2D eigenvalue weighted by Gasteiger charge is 2.29. The second-order valence-corrected chi connectivity index (χ2v) is 8.21. The van der Waals surface area contributed by atoms with Crippen molar-refractivity contribution in [2.75, 3.05) is 20.2 Å². The number of hydrogen-bond donors (Lipinski definition) is 1. The van der Waals surface area contributed by atoms with Gasteiger partial charge < -0.3 is 14.8 Å². The molecule has 1 N–H and O–H groups in total. The van der Waals surface area contributed by atoms with Crippen LogP contribution in [0.15, 0.2) is 18.2 Å². The highest BCUT2D eigenvalue weighted by Crippen LogP contribution is 2.33. The average Bonchev–Trinajstić information content (AvgIpc) is 3.22. The van der Waals surface area contributed by atoms with E-state index in [9.17, 15) is 4.79 Å². The third kappa shape index (κ3) is 5.19. The van der Waals surface area contributed by atoms with Gasteiger partial charge in [-0.3, -0.25) is 9.69 Å². The van der Waals surface area contributed by atoms with E-state index in [2.05, 4.69) is 17.1 Å². The molecular weight excluding hydrogens is 352 g/mol. The topological polar surface area (TPSA) is 50.8 Å². The number of hydrogen-bond acceptors (Lipinski definition) is 4. The molecule has 1 aliphatic carbocycles. The molecule has 0 spiro atoms. The molecule has 2 aliphatic rings. The van der Waals surface area contributed by atoms with Crippen molar-refractivity contribution < 1.29 is 14.3 Å². The summed E-state index contributed by atoms with van der Waals surface area (Å²) in [4.78, 5) is 15.2. The van der Waals surface area contributed by atoms with Crippen LogP contribution in [-0.4, -0.2) is 43.2 Å². The van der Waals surface area contributed by atoms with Crippen LogP contribution in [0.4, 0.5) is 0 Å². The molecule has 2 unspecified atom stereocenters. The molecule has 5 nitrogen and oxygen atoms in total. The fourth-order valence-electron chi connectivity index (χ4n) is 4.47. The van der Waals surface area contributed by atoms with Crippen LogP contribution < -0.4 is 14.8 Å². The molecule has 3 rings (SSSR count). The summed E-state index contributed by atoms with van der Waals surface area (Å²) in [7, 11) is 1.68. The molecule has 1 saturated carbocycles. The molecule has 156 valence electrons. The summed E-state index contributed by atoms with van der Waals surface area (Å²) in [5.74, 6) is 1.69. The largest absolute Gasteiger partial charge is 0.493 e. The molecule has 0 aromatic heterocycles. The van der Waals surface area contributed by atoms with Crippen LogP contribution in [0.2, 0.25) is 0 Å². The Balaban J connectivity index is 1.64. The van der Waals surface area contributed by atoms with E-state index in [1.165, 1.54) is 19.3 Å². The Kier molecular flexibility index (Phi) is 7.60. The summed E-state index contributed by atoms with van der Waals surface area (Å²) in [5, 5.41) is 3.22. The number of carbonyl (C=O) groups excluding carboxylic acids is 1. The lowest BCUT2D eigenvalue weighted by Gasteiger charge is -2.35. The van der Waals surface area contributed by atoms with Gasteiger partial charge in [-0.2, -0.15) is 0 Å². The maximum Gasteiger partial charge on any atom is 0.237 e. The zero-order chi connectivity index (χ0) is 19.9. The molecule has 2 atom stereocenters. The van der Waals surface area contributed by atoms with Gasteiger partial charge in [0.2, 0.25) is 5.91 Å². The fraction of sp³-hybridized carbons (Fsp3) is 0.696. The van der Waals surface area contributed by atoms with E-state index in [1.807, 2.05) is 25.1 Å². The van der Waals surface area contributed by atoms with Crippen LogP contribution in [0.1, 0.15) is 76.8 Å². The molecule has 5 heteroatoms. The summed E-state index contributed by atoms with van der Waals surface area (Å²) in [6, 6.07) is 5.97. The van der Waals surface area contributed by atoms with Crippen molar-refractivity contribution in [1.29, 1.82) is 0 Å². The molecule has 0 bridgehead atoms. The van der Waals surface area contributed by atoms with E-state index in [4.69, 9.17) is 9.47 Å². The molecule has 1 aromatic rings. The molecule has 1 aliphatic heterocycles. The Labute approximate surface area is 169 Å². The van der Waals surface area contributed by atoms with Crippen molar-refractivity contribution in [3.05, 3.63) is 23.8 Å². The zero-order valence-corrected chi connectivity index (χ0v) is 17.7. The second kappa shape index (κ2) is 10.1. The van der Waals surface area contributed by atoms with Gasteiger partial charge in [0.1, 0.15) is 0 Å². The Bertz CT molecular complexity index is 641. The van der Waals surface area contributed by atoms with E-state index in [0.717, 1.165) is 62.3 Å². The van der Waals surface area contributed by atoms with Gasteiger partial charge in [0.25, 0.3) is 0 Å². The average molecular weight is 389 g/mol. The number of rotatable bonds is 8. The Morgan fingerprint density at radius 3 is 2.64 bits per heavy atom. The molecule has 1 amide bonds.